The van der Waals surface area contributed by atoms with Crippen LogP contribution in [-0.4, -0.2) is 41.3 Å². The highest BCUT2D eigenvalue weighted by molar-refractivity contribution is 5.89. The monoisotopic (exact) mass is 292 g/mol. The van der Waals surface area contributed by atoms with E-state index < -0.39 is 0 Å². The number of aliphatic hydroxyl groups is 1. The van der Waals surface area contributed by atoms with Gasteiger partial charge in [-0.15, -0.1) is 0 Å². The van der Waals surface area contributed by atoms with Crippen LogP contribution in [0.15, 0.2) is 24.3 Å². The third-order valence-corrected chi connectivity index (χ3v) is 3.61. The summed E-state index contributed by atoms with van der Waals surface area (Å²) in [6.45, 7) is 5.25. The first-order valence-electron chi connectivity index (χ1n) is 7.49. The van der Waals surface area contributed by atoms with Crippen LogP contribution in [0.2, 0.25) is 0 Å². The number of anilines is 1. The summed E-state index contributed by atoms with van der Waals surface area (Å²) in [5.41, 5.74) is 1.79. The van der Waals surface area contributed by atoms with Crippen LogP contribution < -0.4 is 5.32 Å². The number of hydrogen-bond acceptors (Lipinski definition) is 3. The van der Waals surface area contributed by atoms with Gasteiger partial charge < -0.3 is 20.1 Å². The lowest BCUT2D eigenvalue weighted by Gasteiger charge is -2.23. The van der Waals surface area contributed by atoms with E-state index in [1.54, 1.807) is 4.90 Å². The summed E-state index contributed by atoms with van der Waals surface area (Å²) in [4.78, 5) is 13.9. The summed E-state index contributed by atoms with van der Waals surface area (Å²) in [5.74, 6) is 0. The highest BCUT2D eigenvalue weighted by Gasteiger charge is 2.27. The summed E-state index contributed by atoms with van der Waals surface area (Å²) >= 11 is 0. The predicted octanol–water partition coefficient (Wildman–Crippen LogP) is 2.60. The Kier molecular flexibility index (Phi) is 5.59. The zero-order chi connectivity index (χ0) is 15.2. The summed E-state index contributed by atoms with van der Waals surface area (Å²) in [5, 5.41) is 12.2. The molecule has 1 heterocycles. The zero-order valence-corrected chi connectivity index (χ0v) is 12.7. The molecule has 0 spiro atoms. The lowest BCUT2D eigenvalue weighted by Crippen LogP contribution is -2.40. The first kappa shape index (κ1) is 15.8. The van der Waals surface area contributed by atoms with Crippen molar-refractivity contribution in [1.82, 2.24) is 4.90 Å². The molecule has 1 atom stereocenters. The lowest BCUT2D eigenvalue weighted by molar-refractivity contribution is 0.0657. The summed E-state index contributed by atoms with van der Waals surface area (Å²) < 4.78 is 5.57. The van der Waals surface area contributed by atoms with E-state index in [1.165, 1.54) is 0 Å². The number of hydrogen-bond donors (Lipinski definition) is 2. The van der Waals surface area contributed by atoms with Crippen molar-refractivity contribution in [3.63, 3.8) is 0 Å². The molecule has 5 nitrogen and oxygen atoms in total. The smallest absolute Gasteiger partial charge is 0.322 e. The fraction of sp³-hybridized carbons (Fsp3) is 0.562. The molecule has 0 aliphatic carbocycles. The molecule has 2 N–H and O–H groups in total. The predicted molar refractivity (Wildman–Crippen MR) is 82.2 cm³/mol. The molecule has 1 saturated heterocycles. The lowest BCUT2D eigenvalue weighted by atomic mass is 10.2. The average molecular weight is 292 g/mol. The third kappa shape index (κ3) is 4.44. The van der Waals surface area contributed by atoms with E-state index in [0.717, 1.165) is 24.1 Å². The molecule has 0 radical (unpaired) electrons. The van der Waals surface area contributed by atoms with Gasteiger partial charge in [0.15, 0.2) is 0 Å². The second kappa shape index (κ2) is 7.43. The van der Waals surface area contributed by atoms with Crippen LogP contribution in [0.3, 0.4) is 0 Å². The number of carbonyl (C=O) groups is 1. The number of carbonyl (C=O) groups excluding carboxylic acids is 1. The molecule has 116 valence electrons. The van der Waals surface area contributed by atoms with Crippen LogP contribution in [0, 0.1) is 0 Å². The average Bonchev–Trinajstić information content (AvgIpc) is 2.94. The van der Waals surface area contributed by atoms with Crippen molar-refractivity contribution < 1.29 is 14.6 Å². The van der Waals surface area contributed by atoms with Gasteiger partial charge in [-0.2, -0.15) is 0 Å². The van der Waals surface area contributed by atoms with Crippen molar-refractivity contribution >= 4 is 11.7 Å². The molecule has 1 aromatic carbocycles. The molecule has 0 aromatic heterocycles. The topological polar surface area (TPSA) is 61.8 Å². The quantitative estimate of drug-likeness (QED) is 0.877. The van der Waals surface area contributed by atoms with E-state index in [9.17, 15) is 9.90 Å². The molecule has 5 heteroatoms. The molecule has 0 unspecified atom stereocenters. The normalized spacial score (nSPS) is 18.3. The van der Waals surface area contributed by atoms with Crippen molar-refractivity contribution in [2.24, 2.45) is 0 Å². The first-order valence-corrected chi connectivity index (χ1v) is 7.49. The minimum absolute atomic E-state index is 0.0235. The van der Waals surface area contributed by atoms with Gasteiger partial charge in [-0.3, -0.25) is 0 Å². The van der Waals surface area contributed by atoms with Crippen LogP contribution in [0.4, 0.5) is 10.5 Å². The maximum absolute atomic E-state index is 12.2. The van der Waals surface area contributed by atoms with E-state index in [4.69, 9.17) is 4.74 Å². The number of urea groups is 1. The highest BCUT2D eigenvalue weighted by atomic mass is 16.5. The maximum atomic E-state index is 12.2. The zero-order valence-electron chi connectivity index (χ0n) is 12.7. The van der Waals surface area contributed by atoms with Gasteiger partial charge in [0.2, 0.25) is 0 Å². The molecular formula is C16H24N2O3. The number of aliphatic hydroxyl groups excluding tert-OH is 1. The minimum Gasteiger partial charge on any atom is -0.394 e. The van der Waals surface area contributed by atoms with E-state index in [0.29, 0.717) is 13.2 Å². The molecule has 1 fully saturated rings. The van der Waals surface area contributed by atoms with Crippen LogP contribution in [0.25, 0.3) is 0 Å². The van der Waals surface area contributed by atoms with Gasteiger partial charge in [-0.25, -0.2) is 4.79 Å². The van der Waals surface area contributed by atoms with Crippen LogP contribution in [-0.2, 0) is 11.3 Å². The second-order valence-corrected chi connectivity index (χ2v) is 5.66. The van der Waals surface area contributed by atoms with Gasteiger partial charge in [-0.1, -0.05) is 12.1 Å². The fourth-order valence-electron chi connectivity index (χ4n) is 2.49. The van der Waals surface area contributed by atoms with Crippen LogP contribution >= 0.6 is 0 Å². The van der Waals surface area contributed by atoms with Gasteiger partial charge in [0.25, 0.3) is 0 Å². The number of nitrogens with one attached hydrogen (secondary N) is 1. The van der Waals surface area contributed by atoms with Crippen molar-refractivity contribution in [2.75, 3.05) is 18.5 Å². The molecule has 1 aliphatic heterocycles. The molecule has 1 aromatic rings. The van der Waals surface area contributed by atoms with Crippen LogP contribution in [0.1, 0.15) is 32.3 Å². The van der Waals surface area contributed by atoms with E-state index in [-0.39, 0.29) is 24.8 Å². The van der Waals surface area contributed by atoms with E-state index in [2.05, 4.69) is 5.32 Å². The Hall–Kier alpha value is -1.59. The maximum Gasteiger partial charge on any atom is 0.322 e. The fourth-order valence-corrected chi connectivity index (χ4v) is 2.49. The minimum atomic E-state index is -0.145. The molecule has 1 aliphatic rings. The van der Waals surface area contributed by atoms with Crippen molar-refractivity contribution in [1.29, 1.82) is 0 Å². The van der Waals surface area contributed by atoms with Crippen molar-refractivity contribution in [2.45, 2.75) is 45.4 Å². The Morgan fingerprint density at radius 3 is 3.05 bits per heavy atom. The first-order chi connectivity index (χ1) is 10.1. The van der Waals surface area contributed by atoms with Gasteiger partial charge in [-0.05, 0) is 44.4 Å². The molecule has 2 amide bonds. The largest absolute Gasteiger partial charge is 0.394 e. The number of benzene rings is 1. The second-order valence-electron chi connectivity index (χ2n) is 5.66. The van der Waals surface area contributed by atoms with Gasteiger partial charge in [0.1, 0.15) is 0 Å². The SMILES string of the molecule is CC(C)OCc1cccc(NC(=O)N2CCC[C@H]2CO)c1. The molecule has 0 saturated carbocycles. The summed E-state index contributed by atoms with van der Waals surface area (Å²) in [6.07, 6.45) is 1.99. The number of ether oxygens (including phenoxy) is 1. The Balaban J connectivity index is 1.95. The van der Waals surface area contributed by atoms with Gasteiger partial charge in [0.05, 0.1) is 25.4 Å². The summed E-state index contributed by atoms with van der Waals surface area (Å²) in [7, 11) is 0. The van der Waals surface area contributed by atoms with Crippen LogP contribution in [0.5, 0.6) is 0 Å². The van der Waals surface area contributed by atoms with Crippen molar-refractivity contribution in [3.05, 3.63) is 29.8 Å². The standard InChI is InChI=1S/C16H24N2O3/c1-12(2)21-11-13-5-3-6-14(9-13)17-16(20)18-8-4-7-15(18)10-19/h3,5-6,9,12,15,19H,4,7-8,10-11H2,1-2H3,(H,17,20)/t15-/m0/s1. The summed E-state index contributed by atoms with van der Waals surface area (Å²) in [6, 6.07) is 7.46. The Morgan fingerprint density at radius 2 is 2.33 bits per heavy atom. The number of nitrogens with zero attached hydrogens (tertiary/aromatic N) is 1. The molecular weight excluding hydrogens is 268 g/mol. The van der Waals surface area contributed by atoms with Crippen molar-refractivity contribution in [3.8, 4) is 0 Å². The third-order valence-electron chi connectivity index (χ3n) is 3.61. The molecule has 2 rings (SSSR count). The van der Waals surface area contributed by atoms with E-state index >= 15 is 0 Å². The molecule has 0 bridgehead atoms. The Labute approximate surface area is 125 Å². The molecule has 21 heavy (non-hydrogen) atoms. The number of amides is 2. The van der Waals surface area contributed by atoms with E-state index in [1.807, 2.05) is 38.1 Å². The number of likely N-dealkylation sites (tertiary alicyclic amines) is 1. The van der Waals surface area contributed by atoms with Gasteiger partial charge in [0, 0.05) is 12.2 Å². The Morgan fingerprint density at radius 1 is 1.52 bits per heavy atom. The van der Waals surface area contributed by atoms with Gasteiger partial charge >= 0.3 is 6.03 Å². The Bertz CT molecular complexity index is 476. The highest BCUT2D eigenvalue weighted by Crippen LogP contribution is 2.19. The number of rotatable bonds is 5.